The predicted molar refractivity (Wildman–Crippen MR) is 88.1 cm³/mol. The Morgan fingerprint density at radius 3 is 2.19 bits per heavy atom. The maximum absolute atomic E-state index is 12.2. The van der Waals surface area contributed by atoms with Crippen LogP contribution in [0.4, 0.5) is 0 Å². The van der Waals surface area contributed by atoms with Crippen molar-refractivity contribution in [3.05, 3.63) is 29.8 Å². The minimum Gasteiger partial charge on any atom is -0.302 e. The van der Waals surface area contributed by atoms with Gasteiger partial charge in [-0.3, -0.25) is 0 Å². The fourth-order valence-corrected chi connectivity index (χ4v) is 3.02. The van der Waals surface area contributed by atoms with Crippen LogP contribution in [0.15, 0.2) is 29.2 Å². The molecule has 0 radical (unpaired) electrons. The average molecular weight is 312 g/mol. The van der Waals surface area contributed by atoms with Crippen molar-refractivity contribution in [1.29, 1.82) is 0 Å². The quantitative estimate of drug-likeness (QED) is 0.803. The third-order valence-corrected chi connectivity index (χ3v) is 5.43. The molecule has 120 valence electrons. The van der Waals surface area contributed by atoms with E-state index in [1.165, 1.54) is 0 Å². The summed E-state index contributed by atoms with van der Waals surface area (Å²) in [6.45, 7) is 9.58. The molecule has 1 atom stereocenters. The highest BCUT2D eigenvalue weighted by molar-refractivity contribution is 7.89. The molecule has 0 aliphatic carbocycles. The highest BCUT2D eigenvalue weighted by Crippen LogP contribution is 2.17. The first-order valence-electron chi connectivity index (χ1n) is 7.57. The number of likely N-dealkylation sites (N-methyl/N-ethyl adjacent to an activating group) is 1. The number of benzene rings is 1. The molecule has 0 amide bonds. The lowest BCUT2D eigenvalue weighted by molar-refractivity contribution is 0.256. The fraction of sp³-hybridized carbons (Fsp3) is 0.625. The van der Waals surface area contributed by atoms with Gasteiger partial charge in [-0.15, -0.1) is 0 Å². The topological polar surface area (TPSA) is 49.4 Å². The molecule has 0 heterocycles. The second-order valence-corrected chi connectivity index (χ2v) is 7.63. The van der Waals surface area contributed by atoms with Crippen molar-refractivity contribution < 1.29 is 8.42 Å². The summed E-state index contributed by atoms with van der Waals surface area (Å²) in [5.74, 6) is 0.402. The minimum atomic E-state index is -3.41. The largest absolute Gasteiger partial charge is 0.302 e. The monoisotopic (exact) mass is 312 g/mol. The van der Waals surface area contributed by atoms with Crippen LogP contribution in [0.5, 0.6) is 0 Å². The summed E-state index contributed by atoms with van der Waals surface area (Å²) >= 11 is 0. The maximum Gasteiger partial charge on any atom is 0.240 e. The summed E-state index contributed by atoms with van der Waals surface area (Å²) in [4.78, 5) is 2.49. The molecule has 21 heavy (non-hydrogen) atoms. The van der Waals surface area contributed by atoms with E-state index >= 15 is 0 Å². The van der Waals surface area contributed by atoms with Crippen LogP contribution in [0.25, 0.3) is 0 Å². The van der Waals surface area contributed by atoms with Crippen LogP contribution in [0.2, 0.25) is 0 Å². The summed E-state index contributed by atoms with van der Waals surface area (Å²) in [5, 5.41) is 0. The normalized spacial score (nSPS) is 13.9. The molecular weight excluding hydrogens is 284 g/mol. The predicted octanol–water partition coefficient (Wildman–Crippen LogP) is 2.82. The van der Waals surface area contributed by atoms with Crippen molar-refractivity contribution in [2.75, 3.05) is 20.1 Å². The molecule has 0 bridgehead atoms. The Morgan fingerprint density at radius 1 is 1.14 bits per heavy atom. The van der Waals surface area contributed by atoms with Gasteiger partial charge in [-0.2, -0.15) is 0 Å². The Kier molecular flexibility index (Phi) is 6.84. The summed E-state index contributed by atoms with van der Waals surface area (Å²) in [6, 6.07) is 7.57. The first-order chi connectivity index (χ1) is 9.77. The first-order valence-corrected chi connectivity index (χ1v) is 9.06. The summed E-state index contributed by atoms with van der Waals surface area (Å²) in [5.41, 5.74) is 1.14. The number of nitrogens with zero attached hydrogens (tertiary/aromatic N) is 1. The third kappa shape index (κ3) is 5.41. The molecule has 0 aliphatic rings. The second kappa shape index (κ2) is 7.92. The van der Waals surface area contributed by atoms with Gasteiger partial charge in [-0.25, -0.2) is 13.1 Å². The number of hydrogen-bond donors (Lipinski definition) is 1. The standard InChI is InChI=1S/C16H28N2O2S/c1-6-14(4)18(5)12-11-17-21(19,20)16-9-7-15(8-10-16)13(2)3/h7-10,13-14,17H,6,11-12H2,1-5H3. The second-order valence-electron chi connectivity index (χ2n) is 5.86. The number of rotatable bonds is 8. The summed E-state index contributed by atoms with van der Waals surface area (Å²) in [6.07, 6.45) is 1.06. The lowest BCUT2D eigenvalue weighted by Crippen LogP contribution is -2.37. The molecule has 1 unspecified atom stereocenters. The van der Waals surface area contributed by atoms with Gasteiger partial charge in [0.15, 0.2) is 0 Å². The van der Waals surface area contributed by atoms with Gasteiger partial charge in [-0.05, 0) is 44.0 Å². The molecule has 0 aromatic heterocycles. The fourth-order valence-electron chi connectivity index (χ4n) is 2.00. The first kappa shape index (κ1) is 18.1. The smallest absolute Gasteiger partial charge is 0.240 e. The van der Waals surface area contributed by atoms with E-state index in [0.717, 1.165) is 12.0 Å². The van der Waals surface area contributed by atoms with E-state index in [4.69, 9.17) is 0 Å². The van der Waals surface area contributed by atoms with Crippen LogP contribution in [-0.4, -0.2) is 39.5 Å². The van der Waals surface area contributed by atoms with E-state index in [1.54, 1.807) is 12.1 Å². The van der Waals surface area contributed by atoms with Crippen LogP contribution < -0.4 is 4.72 Å². The molecule has 0 fully saturated rings. The Morgan fingerprint density at radius 2 is 1.71 bits per heavy atom. The molecule has 1 N–H and O–H groups in total. The summed E-state index contributed by atoms with van der Waals surface area (Å²) < 4.78 is 27.1. The van der Waals surface area contributed by atoms with Crippen LogP contribution in [0.1, 0.15) is 45.6 Å². The van der Waals surface area contributed by atoms with Crippen LogP contribution in [0, 0.1) is 0 Å². The van der Waals surface area contributed by atoms with Gasteiger partial charge in [0, 0.05) is 19.1 Å². The summed E-state index contributed by atoms with van der Waals surface area (Å²) in [7, 11) is -1.39. The van der Waals surface area contributed by atoms with E-state index in [1.807, 2.05) is 19.2 Å². The van der Waals surface area contributed by atoms with Gasteiger partial charge in [-0.1, -0.05) is 32.9 Å². The molecule has 0 saturated heterocycles. The highest BCUT2D eigenvalue weighted by atomic mass is 32.2. The molecule has 1 rings (SSSR count). The maximum atomic E-state index is 12.2. The molecule has 0 spiro atoms. The molecule has 5 heteroatoms. The van der Waals surface area contributed by atoms with Crippen molar-refractivity contribution in [1.82, 2.24) is 9.62 Å². The Bertz CT molecular complexity index is 524. The van der Waals surface area contributed by atoms with Gasteiger partial charge in [0.25, 0.3) is 0 Å². The zero-order valence-corrected chi connectivity index (χ0v) is 14.6. The van der Waals surface area contributed by atoms with E-state index in [2.05, 4.69) is 37.3 Å². The van der Waals surface area contributed by atoms with Crippen molar-refractivity contribution in [3.8, 4) is 0 Å². The Labute approximate surface area is 129 Å². The SMILES string of the molecule is CCC(C)N(C)CCNS(=O)(=O)c1ccc(C(C)C)cc1. The highest BCUT2D eigenvalue weighted by Gasteiger charge is 2.14. The van der Waals surface area contributed by atoms with Crippen molar-refractivity contribution in [3.63, 3.8) is 0 Å². The van der Waals surface area contributed by atoms with Gasteiger partial charge < -0.3 is 4.90 Å². The molecule has 0 saturated carbocycles. The van der Waals surface area contributed by atoms with Gasteiger partial charge >= 0.3 is 0 Å². The number of hydrogen-bond acceptors (Lipinski definition) is 3. The van der Waals surface area contributed by atoms with Crippen LogP contribution >= 0.6 is 0 Å². The lowest BCUT2D eigenvalue weighted by Gasteiger charge is -2.23. The number of nitrogens with one attached hydrogen (secondary N) is 1. The Hall–Kier alpha value is -0.910. The van der Waals surface area contributed by atoms with Crippen molar-refractivity contribution in [2.45, 2.75) is 51.0 Å². The van der Waals surface area contributed by atoms with E-state index in [9.17, 15) is 8.42 Å². The van der Waals surface area contributed by atoms with Crippen molar-refractivity contribution in [2.24, 2.45) is 0 Å². The lowest BCUT2D eigenvalue weighted by atomic mass is 10.0. The van der Waals surface area contributed by atoms with Gasteiger partial charge in [0.1, 0.15) is 0 Å². The Balaban J connectivity index is 2.61. The third-order valence-electron chi connectivity index (χ3n) is 3.96. The minimum absolute atomic E-state index is 0.332. The molecule has 0 aliphatic heterocycles. The van der Waals surface area contributed by atoms with E-state index < -0.39 is 10.0 Å². The molecular formula is C16H28N2O2S. The average Bonchev–Trinajstić information content (AvgIpc) is 2.46. The molecule has 4 nitrogen and oxygen atoms in total. The van der Waals surface area contributed by atoms with E-state index in [0.29, 0.717) is 29.9 Å². The van der Waals surface area contributed by atoms with Crippen LogP contribution in [0.3, 0.4) is 0 Å². The zero-order chi connectivity index (χ0) is 16.0. The van der Waals surface area contributed by atoms with E-state index in [-0.39, 0.29) is 0 Å². The number of sulfonamides is 1. The zero-order valence-electron chi connectivity index (χ0n) is 13.8. The molecule has 1 aromatic rings. The van der Waals surface area contributed by atoms with Crippen molar-refractivity contribution >= 4 is 10.0 Å². The van der Waals surface area contributed by atoms with Gasteiger partial charge in [0.2, 0.25) is 10.0 Å². The van der Waals surface area contributed by atoms with Gasteiger partial charge in [0.05, 0.1) is 4.90 Å². The van der Waals surface area contributed by atoms with Crippen LogP contribution in [-0.2, 0) is 10.0 Å². The molecule has 1 aromatic carbocycles.